The fraction of sp³-hybridized carbons (Fsp3) is 0.500. The molecule has 1 saturated carbocycles. The first-order chi connectivity index (χ1) is 8.09. The van der Waals surface area contributed by atoms with E-state index in [-0.39, 0.29) is 16.9 Å². The van der Waals surface area contributed by atoms with E-state index in [0.717, 1.165) is 25.7 Å². The lowest BCUT2D eigenvalue weighted by atomic mass is 9.78. The summed E-state index contributed by atoms with van der Waals surface area (Å²) in [5.41, 5.74) is 6.18. The summed E-state index contributed by atoms with van der Waals surface area (Å²) in [6.45, 7) is 0.418. The van der Waals surface area contributed by atoms with Crippen molar-refractivity contribution in [2.75, 3.05) is 6.54 Å². The molecule has 0 unspecified atom stereocenters. The van der Waals surface area contributed by atoms with Gasteiger partial charge >= 0.3 is 0 Å². The number of hydrogen-bond acceptors (Lipinski definition) is 4. The number of nitro groups is 1. The Bertz CT molecular complexity index is 439. The molecule has 1 fully saturated rings. The molecule has 0 heterocycles. The third-order valence-electron chi connectivity index (χ3n) is 3.71. The van der Waals surface area contributed by atoms with Crippen LogP contribution in [-0.2, 0) is 5.41 Å². The molecule has 1 aromatic carbocycles. The maximum absolute atomic E-state index is 10.8. The van der Waals surface area contributed by atoms with Crippen LogP contribution in [0.1, 0.15) is 31.2 Å². The van der Waals surface area contributed by atoms with Gasteiger partial charge in [0.1, 0.15) is 5.75 Å². The van der Waals surface area contributed by atoms with Gasteiger partial charge in [0.25, 0.3) is 5.69 Å². The minimum atomic E-state index is -0.442. The predicted molar refractivity (Wildman–Crippen MR) is 64.0 cm³/mol. The molecular weight excluding hydrogens is 220 g/mol. The van der Waals surface area contributed by atoms with E-state index in [9.17, 15) is 15.2 Å². The largest absolute Gasteiger partial charge is 0.508 e. The van der Waals surface area contributed by atoms with Crippen LogP contribution in [0.5, 0.6) is 5.75 Å². The maximum atomic E-state index is 10.8. The van der Waals surface area contributed by atoms with Crippen LogP contribution >= 0.6 is 0 Å². The second-order valence-electron chi connectivity index (χ2n) is 4.65. The average Bonchev–Trinajstić information content (AvgIpc) is 2.79. The Morgan fingerprint density at radius 1 is 1.41 bits per heavy atom. The summed E-state index contributed by atoms with van der Waals surface area (Å²) < 4.78 is 0. The summed E-state index contributed by atoms with van der Waals surface area (Å²) in [6, 6.07) is 4.18. The number of nitro benzene ring substituents is 1. The molecule has 5 nitrogen and oxygen atoms in total. The molecule has 0 bridgehead atoms. The smallest absolute Gasteiger partial charge is 0.269 e. The first kappa shape index (κ1) is 11.9. The van der Waals surface area contributed by atoms with Crippen LogP contribution < -0.4 is 5.73 Å². The minimum absolute atomic E-state index is 0.0116. The third-order valence-corrected chi connectivity index (χ3v) is 3.71. The summed E-state index contributed by atoms with van der Waals surface area (Å²) >= 11 is 0. The SMILES string of the molecule is NCC1(c2cc([N+](=O)[O-])ccc2O)CCCC1. The van der Waals surface area contributed by atoms with Crippen LogP contribution in [0.15, 0.2) is 18.2 Å². The first-order valence-electron chi connectivity index (χ1n) is 5.77. The van der Waals surface area contributed by atoms with E-state index in [2.05, 4.69) is 0 Å². The van der Waals surface area contributed by atoms with Crippen LogP contribution in [-0.4, -0.2) is 16.6 Å². The Balaban J connectivity index is 2.49. The summed E-state index contributed by atoms with van der Waals surface area (Å²) in [6.07, 6.45) is 3.88. The van der Waals surface area contributed by atoms with E-state index in [0.29, 0.717) is 12.1 Å². The van der Waals surface area contributed by atoms with Crippen molar-refractivity contribution in [3.63, 3.8) is 0 Å². The van der Waals surface area contributed by atoms with Gasteiger partial charge < -0.3 is 10.8 Å². The predicted octanol–water partition coefficient (Wildman–Crippen LogP) is 2.07. The van der Waals surface area contributed by atoms with Crippen LogP contribution in [0.3, 0.4) is 0 Å². The molecule has 0 aliphatic heterocycles. The van der Waals surface area contributed by atoms with Gasteiger partial charge in [0, 0.05) is 29.7 Å². The fourth-order valence-electron chi connectivity index (χ4n) is 2.70. The minimum Gasteiger partial charge on any atom is -0.508 e. The van der Waals surface area contributed by atoms with Gasteiger partial charge in [0.05, 0.1) is 4.92 Å². The first-order valence-corrected chi connectivity index (χ1v) is 5.77. The topological polar surface area (TPSA) is 89.4 Å². The second-order valence-corrected chi connectivity index (χ2v) is 4.65. The third kappa shape index (κ3) is 1.98. The lowest BCUT2D eigenvalue weighted by Crippen LogP contribution is -2.32. The van der Waals surface area contributed by atoms with Crippen LogP contribution in [0, 0.1) is 10.1 Å². The summed E-state index contributed by atoms with van der Waals surface area (Å²) in [5.74, 6) is 0.114. The molecule has 1 aliphatic rings. The monoisotopic (exact) mass is 236 g/mol. The number of rotatable bonds is 3. The van der Waals surface area contributed by atoms with E-state index < -0.39 is 4.92 Å². The second kappa shape index (κ2) is 4.33. The van der Waals surface area contributed by atoms with E-state index in [1.54, 1.807) is 0 Å². The normalized spacial score (nSPS) is 18.2. The number of non-ortho nitro benzene ring substituents is 1. The van der Waals surface area contributed by atoms with Crippen molar-refractivity contribution in [1.82, 2.24) is 0 Å². The Kier molecular flexibility index (Phi) is 3.02. The Labute approximate surface area is 99.4 Å². The molecule has 17 heavy (non-hydrogen) atoms. The number of aromatic hydroxyl groups is 1. The van der Waals surface area contributed by atoms with Gasteiger partial charge in [-0.2, -0.15) is 0 Å². The van der Waals surface area contributed by atoms with Crippen molar-refractivity contribution < 1.29 is 10.0 Å². The summed E-state index contributed by atoms with van der Waals surface area (Å²) in [4.78, 5) is 10.3. The van der Waals surface area contributed by atoms with Crippen molar-refractivity contribution in [2.45, 2.75) is 31.1 Å². The molecule has 1 aliphatic carbocycles. The van der Waals surface area contributed by atoms with E-state index in [1.807, 2.05) is 0 Å². The quantitative estimate of drug-likeness (QED) is 0.621. The van der Waals surface area contributed by atoms with Gasteiger partial charge in [0.15, 0.2) is 0 Å². The number of nitrogens with zero attached hydrogens (tertiary/aromatic N) is 1. The lowest BCUT2D eigenvalue weighted by molar-refractivity contribution is -0.385. The molecule has 2 rings (SSSR count). The van der Waals surface area contributed by atoms with Crippen LogP contribution in [0.4, 0.5) is 5.69 Å². The molecule has 3 N–H and O–H groups in total. The molecule has 5 heteroatoms. The van der Waals surface area contributed by atoms with Gasteiger partial charge in [-0.1, -0.05) is 12.8 Å². The van der Waals surface area contributed by atoms with Crippen molar-refractivity contribution in [2.24, 2.45) is 5.73 Å². The standard InChI is InChI=1S/C12H16N2O3/c13-8-12(5-1-2-6-12)10-7-9(14(16)17)3-4-11(10)15/h3-4,7,15H,1-2,5-6,8,13H2. The molecule has 0 aromatic heterocycles. The highest BCUT2D eigenvalue weighted by Gasteiger charge is 2.37. The van der Waals surface area contributed by atoms with Gasteiger partial charge in [-0.25, -0.2) is 0 Å². The van der Waals surface area contributed by atoms with Crippen molar-refractivity contribution in [3.8, 4) is 5.75 Å². The lowest BCUT2D eigenvalue weighted by Gasteiger charge is -2.28. The number of benzene rings is 1. The molecule has 0 atom stereocenters. The average molecular weight is 236 g/mol. The van der Waals surface area contributed by atoms with Gasteiger partial charge in [-0.15, -0.1) is 0 Å². The highest BCUT2D eigenvalue weighted by atomic mass is 16.6. The van der Waals surface area contributed by atoms with Crippen molar-refractivity contribution in [1.29, 1.82) is 0 Å². The van der Waals surface area contributed by atoms with Crippen LogP contribution in [0.2, 0.25) is 0 Å². The molecule has 0 spiro atoms. The van der Waals surface area contributed by atoms with E-state index in [4.69, 9.17) is 5.73 Å². The summed E-state index contributed by atoms with van der Waals surface area (Å²) in [5, 5.41) is 20.7. The van der Waals surface area contributed by atoms with Gasteiger partial charge in [-0.3, -0.25) is 10.1 Å². The molecule has 0 saturated heterocycles. The fourth-order valence-corrected chi connectivity index (χ4v) is 2.70. The summed E-state index contributed by atoms with van der Waals surface area (Å²) in [7, 11) is 0. The Morgan fingerprint density at radius 2 is 2.06 bits per heavy atom. The zero-order valence-electron chi connectivity index (χ0n) is 9.56. The van der Waals surface area contributed by atoms with Gasteiger partial charge in [0.2, 0.25) is 0 Å². The number of phenolic OH excluding ortho intramolecular Hbond substituents is 1. The Morgan fingerprint density at radius 3 is 2.59 bits per heavy atom. The highest BCUT2D eigenvalue weighted by Crippen LogP contribution is 2.44. The molecule has 92 valence electrons. The van der Waals surface area contributed by atoms with Gasteiger partial charge in [-0.05, 0) is 18.9 Å². The zero-order valence-corrected chi connectivity index (χ0v) is 9.56. The molecule has 1 aromatic rings. The van der Waals surface area contributed by atoms with Crippen molar-refractivity contribution in [3.05, 3.63) is 33.9 Å². The van der Waals surface area contributed by atoms with E-state index in [1.165, 1.54) is 18.2 Å². The molecule has 0 radical (unpaired) electrons. The number of hydrogen-bond donors (Lipinski definition) is 2. The highest BCUT2D eigenvalue weighted by molar-refractivity contribution is 5.47. The number of nitrogens with two attached hydrogens (primary N) is 1. The number of phenols is 1. The maximum Gasteiger partial charge on any atom is 0.269 e. The zero-order chi connectivity index (χ0) is 12.5. The molecular formula is C12H16N2O3. The van der Waals surface area contributed by atoms with Crippen LogP contribution in [0.25, 0.3) is 0 Å². The van der Waals surface area contributed by atoms with Crippen molar-refractivity contribution >= 4 is 5.69 Å². The van der Waals surface area contributed by atoms with E-state index >= 15 is 0 Å². The molecule has 0 amide bonds. The Hall–Kier alpha value is -1.62.